The maximum absolute atomic E-state index is 8.84. The predicted octanol–water partition coefficient (Wildman–Crippen LogP) is 1.89. The highest BCUT2D eigenvalue weighted by atomic mass is 16.3. The van der Waals surface area contributed by atoms with Crippen LogP contribution in [0.3, 0.4) is 0 Å². The number of aliphatic hydroxyl groups is 2. The Morgan fingerprint density at radius 3 is 2.08 bits per heavy atom. The Labute approximate surface area is 75.2 Å². The molecule has 0 aromatic heterocycles. The summed E-state index contributed by atoms with van der Waals surface area (Å²) < 4.78 is 0. The van der Waals surface area contributed by atoms with E-state index in [-0.39, 0.29) is 12.7 Å². The lowest BCUT2D eigenvalue weighted by Crippen LogP contribution is -2.03. The molecular weight excluding hydrogens is 152 g/mol. The Morgan fingerprint density at radius 1 is 1.58 bits per heavy atom. The second-order valence-corrected chi connectivity index (χ2v) is 2.52. The molecule has 0 amide bonds. The molecule has 0 aromatic rings. The molecule has 0 fully saturated rings. The van der Waals surface area contributed by atoms with Crippen molar-refractivity contribution in [2.24, 2.45) is 0 Å². The van der Waals surface area contributed by atoms with Gasteiger partial charge in [0.25, 0.3) is 0 Å². The van der Waals surface area contributed by atoms with E-state index in [0.717, 1.165) is 12.0 Å². The summed E-state index contributed by atoms with van der Waals surface area (Å²) in [5.74, 6) is 0. The van der Waals surface area contributed by atoms with Gasteiger partial charge in [-0.15, -0.1) is 0 Å². The van der Waals surface area contributed by atoms with Crippen LogP contribution in [0.15, 0.2) is 24.3 Å². The van der Waals surface area contributed by atoms with Crippen LogP contribution in [0.4, 0.5) is 0 Å². The van der Waals surface area contributed by atoms with Crippen molar-refractivity contribution in [2.75, 3.05) is 6.61 Å². The maximum Gasteiger partial charge on any atom is 0.0742 e. The zero-order chi connectivity index (χ0) is 9.98. The first-order valence-corrected chi connectivity index (χ1v) is 4.15. The van der Waals surface area contributed by atoms with Gasteiger partial charge in [-0.25, -0.2) is 0 Å². The average Bonchev–Trinajstić information content (AvgIpc) is 2.05. The van der Waals surface area contributed by atoms with Crippen molar-refractivity contribution in [3.05, 3.63) is 24.3 Å². The van der Waals surface area contributed by atoms with E-state index < -0.39 is 0 Å². The number of hydrogen-bond donors (Lipinski definition) is 2. The Hall–Kier alpha value is -0.600. The Balaban J connectivity index is 0. The van der Waals surface area contributed by atoms with Crippen LogP contribution in [0.25, 0.3) is 0 Å². The minimum absolute atomic E-state index is 0.163. The van der Waals surface area contributed by atoms with E-state index in [4.69, 9.17) is 10.2 Å². The SMILES string of the molecule is C=C(C)C(O)CC.CC=CCO. The smallest absolute Gasteiger partial charge is 0.0742 e. The van der Waals surface area contributed by atoms with Crippen LogP contribution in [0.5, 0.6) is 0 Å². The highest BCUT2D eigenvalue weighted by molar-refractivity contribution is 4.95. The molecule has 0 bridgehead atoms. The third-order valence-electron chi connectivity index (χ3n) is 1.30. The van der Waals surface area contributed by atoms with E-state index in [1.807, 2.05) is 20.8 Å². The summed E-state index contributed by atoms with van der Waals surface area (Å²) in [6, 6.07) is 0. The molecule has 2 nitrogen and oxygen atoms in total. The van der Waals surface area contributed by atoms with Gasteiger partial charge in [0.1, 0.15) is 0 Å². The summed E-state index contributed by atoms with van der Waals surface area (Å²) in [6.07, 6.45) is 3.97. The van der Waals surface area contributed by atoms with E-state index >= 15 is 0 Å². The first kappa shape index (κ1) is 14.0. The number of hydrogen-bond acceptors (Lipinski definition) is 2. The maximum atomic E-state index is 8.84. The van der Waals surface area contributed by atoms with Gasteiger partial charge in [0.15, 0.2) is 0 Å². The van der Waals surface area contributed by atoms with Gasteiger partial charge in [0.2, 0.25) is 0 Å². The van der Waals surface area contributed by atoms with E-state index in [0.29, 0.717) is 0 Å². The molecule has 0 aliphatic carbocycles. The summed E-state index contributed by atoms with van der Waals surface area (Å²) >= 11 is 0. The second kappa shape index (κ2) is 10.4. The van der Waals surface area contributed by atoms with Crippen molar-refractivity contribution in [1.82, 2.24) is 0 Å². The summed E-state index contributed by atoms with van der Waals surface area (Å²) in [5.41, 5.74) is 0.850. The molecule has 72 valence electrons. The standard InChI is InChI=1S/C6H12O.C4H8O/c1-4-6(7)5(2)3;1-2-3-4-5/h6-7H,2,4H2,1,3H3;2-3,5H,4H2,1H3. The lowest BCUT2D eigenvalue weighted by Gasteiger charge is -2.03. The molecule has 0 spiro atoms. The van der Waals surface area contributed by atoms with Crippen LogP contribution < -0.4 is 0 Å². The summed E-state index contributed by atoms with van der Waals surface area (Å²) in [4.78, 5) is 0. The second-order valence-electron chi connectivity index (χ2n) is 2.52. The zero-order valence-electron chi connectivity index (χ0n) is 8.25. The van der Waals surface area contributed by atoms with Crippen molar-refractivity contribution in [3.8, 4) is 0 Å². The normalized spacial score (nSPS) is 12.1. The first-order valence-electron chi connectivity index (χ1n) is 4.15. The fourth-order valence-electron chi connectivity index (χ4n) is 0.454. The lowest BCUT2D eigenvalue weighted by atomic mass is 10.1. The topological polar surface area (TPSA) is 40.5 Å². The zero-order valence-corrected chi connectivity index (χ0v) is 8.25. The van der Waals surface area contributed by atoms with Gasteiger partial charge in [-0.2, -0.15) is 0 Å². The van der Waals surface area contributed by atoms with Gasteiger partial charge in [0.05, 0.1) is 12.7 Å². The molecule has 0 saturated carbocycles. The highest BCUT2D eigenvalue weighted by Gasteiger charge is 1.96. The molecule has 2 heteroatoms. The Bertz CT molecular complexity index is 128. The van der Waals surface area contributed by atoms with Gasteiger partial charge in [-0.1, -0.05) is 31.2 Å². The molecular formula is C10H20O2. The minimum Gasteiger partial charge on any atom is -0.392 e. The van der Waals surface area contributed by atoms with Crippen LogP contribution in [0.1, 0.15) is 27.2 Å². The van der Waals surface area contributed by atoms with Crippen molar-refractivity contribution < 1.29 is 10.2 Å². The van der Waals surface area contributed by atoms with Crippen LogP contribution >= 0.6 is 0 Å². The Kier molecular flexibility index (Phi) is 12.1. The fraction of sp³-hybridized carbons (Fsp3) is 0.600. The molecule has 0 aromatic carbocycles. The molecule has 2 N–H and O–H groups in total. The van der Waals surface area contributed by atoms with E-state index in [1.54, 1.807) is 12.2 Å². The largest absolute Gasteiger partial charge is 0.392 e. The third-order valence-corrected chi connectivity index (χ3v) is 1.30. The van der Waals surface area contributed by atoms with Gasteiger partial charge in [0, 0.05) is 0 Å². The molecule has 0 radical (unpaired) electrons. The van der Waals surface area contributed by atoms with Gasteiger partial charge in [-0.05, 0) is 20.3 Å². The van der Waals surface area contributed by atoms with Gasteiger partial charge >= 0.3 is 0 Å². The highest BCUT2D eigenvalue weighted by Crippen LogP contribution is 1.99. The first-order chi connectivity index (χ1) is 5.59. The average molecular weight is 172 g/mol. The third kappa shape index (κ3) is 12.1. The minimum atomic E-state index is -0.292. The van der Waals surface area contributed by atoms with E-state index in [9.17, 15) is 0 Å². The van der Waals surface area contributed by atoms with Crippen LogP contribution in [-0.4, -0.2) is 22.9 Å². The Morgan fingerprint density at radius 2 is 2.08 bits per heavy atom. The van der Waals surface area contributed by atoms with Crippen molar-refractivity contribution in [2.45, 2.75) is 33.3 Å². The monoisotopic (exact) mass is 172 g/mol. The van der Waals surface area contributed by atoms with Gasteiger partial charge in [-0.3, -0.25) is 0 Å². The van der Waals surface area contributed by atoms with Gasteiger partial charge < -0.3 is 10.2 Å². The number of rotatable bonds is 3. The van der Waals surface area contributed by atoms with E-state index in [1.165, 1.54) is 0 Å². The molecule has 12 heavy (non-hydrogen) atoms. The lowest BCUT2D eigenvalue weighted by molar-refractivity contribution is 0.207. The number of aliphatic hydroxyl groups excluding tert-OH is 2. The van der Waals surface area contributed by atoms with E-state index in [2.05, 4.69) is 6.58 Å². The quantitative estimate of drug-likeness (QED) is 0.638. The molecule has 1 unspecified atom stereocenters. The molecule has 0 heterocycles. The van der Waals surface area contributed by atoms with Crippen molar-refractivity contribution in [3.63, 3.8) is 0 Å². The molecule has 0 saturated heterocycles. The summed E-state index contributed by atoms with van der Waals surface area (Å²) in [7, 11) is 0. The number of allylic oxidation sites excluding steroid dienone is 1. The molecule has 0 rings (SSSR count). The van der Waals surface area contributed by atoms with Crippen LogP contribution in [-0.2, 0) is 0 Å². The van der Waals surface area contributed by atoms with Crippen molar-refractivity contribution >= 4 is 0 Å². The molecule has 1 atom stereocenters. The van der Waals surface area contributed by atoms with Crippen LogP contribution in [0, 0.1) is 0 Å². The predicted molar refractivity (Wildman–Crippen MR) is 53.0 cm³/mol. The van der Waals surface area contributed by atoms with Crippen LogP contribution in [0.2, 0.25) is 0 Å². The van der Waals surface area contributed by atoms with Crippen molar-refractivity contribution in [1.29, 1.82) is 0 Å². The summed E-state index contributed by atoms with van der Waals surface area (Å²) in [6.45, 7) is 9.37. The fourth-order valence-corrected chi connectivity index (χ4v) is 0.454. The molecule has 0 aliphatic rings. The summed E-state index contributed by atoms with van der Waals surface area (Å²) in [5, 5.41) is 16.8. The molecule has 0 aliphatic heterocycles.